The van der Waals surface area contributed by atoms with Crippen molar-refractivity contribution in [2.75, 3.05) is 40.3 Å². The summed E-state index contributed by atoms with van der Waals surface area (Å²) in [5, 5.41) is 7.76. The zero-order valence-corrected chi connectivity index (χ0v) is 17.4. The molecule has 2 heterocycles. The fourth-order valence-corrected chi connectivity index (χ4v) is 3.80. The van der Waals surface area contributed by atoms with Crippen LogP contribution < -0.4 is 10.6 Å². The summed E-state index contributed by atoms with van der Waals surface area (Å²) in [6.07, 6.45) is 1.90. The third-order valence-corrected chi connectivity index (χ3v) is 5.70. The van der Waals surface area contributed by atoms with Gasteiger partial charge in [0.05, 0.1) is 6.54 Å². The van der Waals surface area contributed by atoms with Gasteiger partial charge in [0.15, 0.2) is 5.96 Å². The Labute approximate surface area is 166 Å². The second kappa shape index (κ2) is 9.82. The van der Waals surface area contributed by atoms with Crippen LogP contribution in [0.1, 0.15) is 21.0 Å². The van der Waals surface area contributed by atoms with E-state index in [9.17, 15) is 0 Å². The first kappa shape index (κ1) is 19.8. The smallest absolute Gasteiger partial charge is 0.191 e. The molecule has 1 saturated heterocycles. The summed E-state index contributed by atoms with van der Waals surface area (Å²) in [5.74, 6) is 0.796. The molecule has 1 aromatic carbocycles. The fraction of sp³-hybridized carbons (Fsp3) is 0.500. The van der Waals surface area contributed by atoms with E-state index in [0.29, 0.717) is 6.54 Å². The second-order valence-corrected chi connectivity index (χ2v) is 8.36. The molecule has 1 aliphatic rings. The summed E-state index contributed by atoms with van der Waals surface area (Å²) in [7, 11) is 3.99. The molecule has 0 aliphatic carbocycles. The van der Waals surface area contributed by atoms with Gasteiger partial charge in [0.25, 0.3) is 0 Å². The highest BCUT2D eigenvalue weighted by Gasteiger charge is 2.13. The third kappa shape index (κ3) is 6.30. The molecule has 0 radical (unpaired) electrons. The van der Waals surface area contributed by atoms with Gasteiger partial charge in [-0.1, -0.05) is 24.3 Å². The summed E-state index contributed by atoms with van der Waals surface area (Å²) in [5.41, 5.74) is 2.63. The maximum absolute atomic E-state index is 4.37. The Kier molecular flexibility index (Phi) is 7.20. The zero-order valence-electron chi connectivity index (χ0n) is 16.5. The minimum Gasteiger partial charge on any atom is -0.352 e. The van der Waals surface area contributed by atoms with Gasteiger partial charge >= 0.3 is 0 Å². The number of thiazole rings is 1. The highest BCUT2D eigenvalue weighted by molar-refractivity contribution is 7.11. The van der Waals surface area contributed by atoms with Gasteiger partial charge in [0, 0.05) is 57.4 Å². The molecule has 1 aliphatic heterocycles. The number of rotatable bonds is 6. The zero-order chi connectivity index (χ0) is 19.1. The molecule has 0 spiro atoms. The SMILES string of the molecule is CN=C(NCc1ccc(CN2CCN(C)CC2)cc1)NCc1ncc(C)s1. The molecule has 0 atom stereocenters. The molecule has 146 valence electrons. The van der Waals surface area contributed by atoms with E-state index in [1.165, 1.54) is 16.0 Å². The van der Waals surface area contributed by atoms with Crippen LogP contribution in [0.25, 0.3) is 0 Å². The van der Waals surface area contributed by atoms with Crippen LogP contribution in [-0.2, 0) is 19.6 Å². The Morgan fingerprint density at radius 1 is 1.07 bits per heavy atom. The van der Waals surface area contributed by atoms with E-state index in [4.69, 9.17) is 0 Å². The number of nitrogens with zero attached hydrogens (tertiary/aromatic N) is 4. The van der Waals surface area contributed by atoms with Gasteiger partial charge in [0.2, 0.25) is 0 Å². The van der Waals surface area contributed by atoms with Crippen molar-refractivity contribution < 1.29 is 0 Å². The van der Waals surface area contributed by atoms with Gasteiger partial charge in [-0.15, -0.1) is 11.3 Å². The van der Waals surface area contributed by atoms with E-state index < -0.39 is 0 Å². The van der Waals surface area contributed by atoms with Crippen molar-refractivity contribution in [3.63, 3.8) is 0 Å². The number of aliphatic imine (C=N–C) groups is 1. The van der Waals surface area contributed by atoms with E-state index in [0.717, 1.165) is 50.2 Å². The Morgan fingerprint density at radius 3 is 2.37 bits per heavy atom. The van der Waals surface area contributed by atoms with Crippen LogP contribution in [0.2, 0.25) is 0 Å². The van der Waals surface area contributed by atoms with Crippen LogP contribution in [0.4, 0.5) is 0 Å². The largest absolute Gasteiger partial charge is 0.352 e. The van der Waals surface area contributed by atoms with E-state index in [2.05, 4.69) is 68.6 Å². The molecule has 27 heavy (non-hydrogen) atoms. The van der Waals surface area contributed by atoms with Crippen LogP contribution >= 0.6 is 11.3 Å². The Morgan fingerprint density at radius 2 is 1.74 bits per heavy atom. The highest BCUT2D eigenvalue weighted by Crippen LogP contribution is 2.11. The van der Waals surface area contributed by atoms with Gasteiger partial charge in [-0.05, 0) is 25.1 Å². The van der Waals surface area contributed by atoms with Crippen molar-refractivity contribution in [2.45, 2.75) is 26.6 Å². The molecule has 2 N–H and O–H groups in total. The molecule has 3 rings (SSSR count). The third-order valence-electron chi connectivity index (χ3n) is 4.78. The van der Waals surface area contributed by atoms with Crippen molar-refractivity contribution >= 4 is 17.3 Å². The number of guanidine groups is 1. The van der Waals surface area contributed by atoms with Crippen LogP contribution in [-0.4, -0.2) is 61.0 Å². The summed E-state index contributed by atoms with van der Waals surface area (Å²) < 4.78 is 0. The number of aromatic nitrogens is 1. The van der Waals surface area contributed by atoms with Gasteiger partial charge in [-0.25, -0.2) is 4.98 Å². The average molecular weight is 387 g/mol. The lowest BCUT2D eigenvalue weighted by Crippen LogP contribution is -2.43. The molecule has 1 aromatic heterocycles. The Bertz CT molecular complexity index is 731. The highest BCUT2D eigenvalue weighted by atomic mass is 32.1. The van der Waals surface area contributed by atoms with Crippen LogP contribution in [0, 0.1) is 6.92 Å². The number of hydrogen-bond acceptors (Lipinski definition) is 5. The van der Waals surface area contributed by atoms with E-state index in [1.807, 2.05) is 6.20 Å². The molecule has 6 nitrogen and oxygen atoms in total. The molecule has 0 bridgehead atoms. The maximum atomic E-state index is 4.37. The predicted molar refractivity (Wildman–Crippen MR) is 113 cm³/mol. The van der Waals surface area contributed by atoms with Crippen LogP contribution in [0.3, 0.4) is 0 Å². The lowest BCUT2D eigenvalue weighted by molar-refractivity contribution is 0.148. The first-order valence-electron chi connectivity index (χ1n) is 9.47. The molecular weight excluding hydrogens is 356 g/mol. The summed E-state index contributed by atoms with van der Waals surface area (Å²) in [6.45, 7) is 9.19. The summed E-state index contributed by atoms with van der Waals surface area (Å²) in [4.78, 5) is 14.8. The minimum absolute atomic E-state index is 0.697. The number of piperazine rings is 1. The van der Waals surface area contributed by atoms with Crippen molar-refractivity contribution in [1.29, 1.82) is 0 Å². The van der Waals surface area contributed by atoms with Gasteiger partial charge in [-0.2, -0.15) is 0 Å². The van der Waals surface area contributed by atoms with Crippen molar-refractivity contribution in [1.82, 2.24) is 25.4 Å². The molecule has 2 aromatic rings. The van der Waals surface area contributed by atoms with Gasteiger partial charge in [-0.3, -0.25) is 9.89 Å². The van der Waals surface area contributed by atoms with Crippen molar-refractivity contribution in [3.05, 3.63) is 51.5 Å². The first-order valence-corrected chi connectivity index (χ1v) is 10.3. The first-order chi connectivity index (χ1) is 13.1. The standard InChI is InChI=1S/C20H30N6S/c1-16-12-22-19(27-16)14-24-20(21-2)23-13-17-4-6-18(7-5-17)15-26-10-8-25(3)9-11-26/h4-7,12H,8-11,13-15H2,1-3H3,(H2,21,23,24). The number of nitrogens with one attached hydrogen (secondary N) is 2. The number of benzene rings is 1. The second-order valence-electron chi connectivity index (χ2n) is 7.04. The summed E-state index contributed by atoms with van der Waals surface area (Å²) in [6, 6.07) is 8.89. The van der Waals surface area contributed by atoms with E-state index in [-0.39, 0.29) is 0 Å². The minimum atomic E-state index is 0.697. The molecule has 0 unspecified atom stereocenters. The van der Waals surface area contributed by atoms with Gasteiger partial charge in [0.1, 0.15) is 5.01 Å². The predicted octanol–water partition coefficient (Wildman–Crippen LogP) is 2.06. The lowest BCUT2D eigenvalue weighted by atomic mass is 10.1. The monoisotopic (exact) mass is 386 g/mol. The van der Waals surface area contributed by atoms with Crippen molar-refractivity contribution in [3.8, 4) is 0 Å². The summed E-state index contributed by atoms with van der Waals surface area (Å²) >= 11 is 1.71. The Balaban J connectivity index is 1.43. The van der Waals surface area contributed by atoms with Crippen molar-refractivity contribution in [2.24, 2.45) is 4.99 Å². The molecule has 0 saturated carbocycles. The number of hydrogen-bond donors (Lipinski definition) is 2. The molecule has 0 amide bonds. The lowest BCUT2D eigenvalue weighted by Gasteiger charge is -2.32. The number of aryl methyl sites for hydroxylation is 1. The van der Waals surface area contributed by atoms with E-state index >= 15 is 0 Å². The maximum Gasteiger partial charge on any atom is 0.191 e. The number of likely N-dealkylation sites (N-methyl/N-ethyl adjacent to an activating group) is 1. The van der Waals surface area contributed by atoms with Gasteiger partial charge < -0.3 is 15.5 Å². The fourth-order valence-electron chi connectivity index (χ4n) is 3.08. The van der Waals surface area contributed by atoms with E-state index in [1.54, 1.807) is 18.4 Å². The molecular formula is C20H30N6S. The molecule has 7 heteroatoms. The quantitative estimate of drug-likeness (QED) is 0.588. The topological polar surface area (TPSA) is 55.8 Å². The average Bonchev–Trinajstić information content (AvgIpc) is 3.10. The Hall–Kier alpha value is -1.96. The van der Waals surface area contributed by atoms with Crippen LogP contribution in [0.5, 0.6) is 0 Å². The van der Waals surface area contributed by atoms with Crippen LogP contribution in [0.15, 0.2) is 35.5 Å². The molecule has 1 fully saturated rings. The normalized spacial score (nSPS) is 16.5.